The SMILES string of the molecule is CCCNc1nccc(N2CCCC(O)C2)n1. The summed E-state index contributed by atoms with van der Waals surface area (Å²) in [6, 6.07) is 1.90. The van der Waals surface area contributed by atoms with Crippen molar-refractivity contribution in [3.8, 4) is 0 Å². The molecule has 0 amide bonds. The first-order valence-corrected chi connectivity index (χ1v) is 6.29. The molecule has 5 heteroatoms. The standard InChI is InChI=1S/C12H20N4O/c1-2-6-13-12-14-7-5-11(15-12)16-8-3-4-10(17)9-16/h5,7,10,17H,2-4,6,8-9H2,1H3,(H,13,14,15). The van der Waals surface area contributed by atoms with Crippen molar-refractivity contribution in [1.29, 1.82) is 0 Å². The van der Waals surface area contributed by atoms with Gasteiger partial charge in [0.05, 0.1) is 6.10 Å². The minimum Gasteiger partial charge on any atom is -0.391 e. The second-order valence-corrected chi connectivity index (χ2v) is 4.41. The van der Waals surface area contributed by atoms with Gasteiger partial charge in [-0.2, -0.15) is 4.98 Å². The van der Waals surface area contributed by atoms with Gasteiger partial charge < -0.3 is 15.3 Å². The van der Waals surface area contributed by atoms with Crippen LogP contribution in [0.1, 0.15) is 26.2 Å². The molecule has 0 aliphatic carbocycles. The molecule has 0 saturated carbocycles. The summed E-state index contributed by atoms with van der Waals surface area (Å²) in [6.07, 6.45) is 4.49. The van der Waals surface area contributed by atoms with Gasteiger partial charge in [0.15, 0.2) is 0 Å². The Bertz CT molecular complexity index is 358. The van der Waals surface area contributed by atoms with Crippen LogP contribution in [-0.4, -0.2) is 40.8 Å². The molecule has 2 rings (SSSR count). The molecule has 0 radical (unpaired) electrons. The lowest BCUT2D eigenvalue weighted by Gasteiger charge is -2.31. The molecule has 2 heterocycles. The van der Waals surface area contributed by atoms with Gasteiger partial charge in [-0.15, -0.1) is 0 Å². The maximum atomic E-state index is 9.65. The summed E-state index contributed by atoms with van der Waals surface area (Å²) >= 11 is 0. The Labute approximate surface area is 102 Å². The molecule has 1 aromatic rings. The van der Waals surface area contributed by atoms with Crippen LogP contribution in [0.4, 0.5) is 11.8 Å². The van der Waals surface area contributed by atoms with E-state index < -0.39 is 0 Å². The number of aromatic nitrogens is 2. The molecular formula is C12H20N4O. The molecule has 1 aliphatic heterocycles. The van der Waals surface area contributed by atoms with E-state index in [1.54, 1.807) is 6.20 Å². The van der Waals surface area contributed by atoms with Crippen molar-refractivity contribution in [3.63, 3.8) is 0 Å². The molecule has 0 spiro atoms. The summed E-state index contributed by atoms with van der Waals surface area (Å²) in [6.45, 7) is 4.62. The number of rotatable bonds is 4. The van der Waals surface area contributed by atoms with E-state index in [9.17, 15) is 5.11 Å². The van der Waals surface area contributed by atoms with Gasteiger partial charge in [-0.3, -0.25) is 0 Å². The summed E-state index contributed by atoms with van der Waals surface area (Å²) in [5, 5.41) is 12.8. The minimum absolute atomic E-state index is 0.231. The van der Waals surface area contributed by atoms with E-state index in [0.29, 0.717) is 12.5 Å². The number of aliphatic hydroxyl groups excluding tert-OH is 1. The van der Waals surface area contributed by atoms with E-state index in [4.69, 9.17) is 0 Å². The number of nitrogens with zero attached hydrogens (tertiary/aromatic N) is 3. The lowest BCUT2D eigenvalue weighted by atomic mass is 10.1. The van der Waals surface area contributed by atoms with Gasteiger partial charge >= 0.3 is 0 Å². The Hall–Kier alpha value is -1.36. The molecule has 1 aromatic heterocycles. The fourth-order valence-corrected chi connectivity index (χ4v) is 2.01. The first kappa shape index (κ1) is 12.1. The maximum absolute atomic E-state index is 9.65. The van der Waals surface area contributed by atoms with Crippen LogP contribution in [0.2, 0.25) is 0 Å². The van der Waals surface area contributed by atoms with Gasteiger partial charge in [0.2, 0.25) is 5.95 Å². The normalized spacial score (nSPS) is 20.4. The van der Waals surface area contributed by atoms with Gasteiger partial charge in [0.25, 0.3) is 0 Å². The van der Waals surface area contributed by atoms with Gasteiger partial charge in [-0.1, -0.05) is 6.92 Å². The third kappa shape index (κ3) is 3.30. The highest BCUT2D eigenvalue weighted by atomic mass is 16.3. The highest BCUT2D eigenvalue weighted by Crippen LogP contribution is 2.18. The van der Waals surface area contributed by atoms with Gasteiger partial charge in [-0.05, 0) is 25.3 Å². The largest absolute Gasteiger partial charge is 0.391 e. The number of anilines is 2. The predicted octanol–water partition coefficient (Wildman–Crippen LogP) is 1.26. The van der Waals surface area contributed by atoms with E-state index in [1.807, 2.05) is 6.07 Å². The number of β-amino-alcohol motifs (C(OH)–C–C–N with tert-alkyl or cyclic N) is 1. The number of hydrogen-bond acceptors (Lipinski definition) is 5. The molecule has 1 fully saturated rings. The molecule has 17 heavy (non-hydrogen) atoms. The van der Waals surface area contributed by atoms with Crippen molar-refractivity contribution in [2.45, 2.75) is 32.3 Å². The fraction of sp³-hybridized carbons (Fsp3) is 0.667. The van der Waals surface area contributed by atoms with Crippen molar-refractivity contribution in [2.24, 2.45) is 0 Å². The third-order valence-electron chi connectivity index (χ3n) is 2.89. The van der Waals surface area contributed by atoms with Crippen LogP contribution >= 0.6 is 0 Å². The van der Waals surface area contributed by atoms with Crippen LogP contribution in [0.3, 0.4) is 0 Å². The smallest absolute Gasteiger partial charge is 0.224 e. The van der Waals surface area contributed by atoms with E-state index in [1.165, 1.54) is 0 Å². The molecule has 94 valence electrons. The number of hydrogen-bond donors (Lipinski definition) is 2. The third-order valence-corrected chi connectivity index (χ3v) is 2.89. The van der Waals surface area contributed by atoms with Crippen molar-refractivity contribution in [1.82, 2.24) is 9.97 Å². The Balaban J connectivity index is 2.04. The Morgan fingerprint density at radius 3 is 3.24 bits per heavy atom. The fourth-order valence-electron chi connectivity index (χ4n) is 2.01. The summed E-state index contributed by atoms with van der Waals surface area (Å²) in [5.74, 6) is 1.57. The summed E-state index contributed by atoms with van der Waals surface area (Å²) in [5.41, 5.74) is 0. The van der Waals surface area contributed by atoms with Crippen LogP contribution in [0.5, 0.6) is 0 Å². The molecule has 1 aliphatic rings. The van der Waals surface area contributed by atoms with E-state index in [-0.39, 0.29) is 6.10 Å². The van der Waals surface area contributed by atoms with Crippen molar-refractivity contribution < 1.29 is 5.11 Å². The Kier molecular flexibility index (Phi) is 4.14. The Morgan fingerprint density at radius 1 is 1.59 bits per heavy atom. The molecule has 1 unspecified atom stereocenters. The topological polar surface area (TPSA) is 61.3 Å². The predicted molar refractivity (Wildman–Crippen MR) is 68.3 cm³/mol. The van der Waals surface area contributed by atoms with E-state index in [2.05, 4.69) is 27.1 Å². The second kappa shape index (κ2) is 5.82. The quantitative estimate of drug-likeness (QED) is 0.824. The van der Waals surface area contributed by atoms with Gasteiger partial charge in [-0.25, -0.2) is 4.98 Å². The van der Waals surface area contributed by atoms with Crippen LogP contribution < -0.4 is 10.2 Å². The lowest BCUT2D eigenvalue weighted by molar-refractivity contribution is 0.154. The average Bonchev–Trinajstić information content (AvgIpc) is 2.37. The lowest BCUT2D eigenvalue weighted by Crippen LogP contribution is -2.38. The monoisotopic (exact) mass is 236 g/mol. The highest BCUT2D eigenvalue weighted by Gasteiger charge is 2.18. The zero-order chi connectivity index (χ0) is 12.1. The minimum atomic E-state index is -0.231. The molecule has 1 saturated heterocycles. The molecule has 1 atom stereocenters. The summed E-state index contributed by atoms with van der Waals surface area (Å²) in [4.78, 5) is 10.8. The molecular weight excluding hydrogens is 216 g/mol. The van der Waals surface area contributed by atoms with Crippen LogP contribution in [0.15, 0.2) is 12.3 Å². The van der Waals surface area contributed by atoms with Crippen molar-refractivity contribution >= 4 is 11.8 Å². The van der Waals surface area contributed by atoms with Crippen LogP contribution in [0, 0.1) is 0 Å². The number of nitrogens with one attached hydrogen (secondary N) is 1. The van der Waals surface area contributed by atoms with Gasteiger partial charge in [0.1, 0.15) is 5.82 Å². The first-order chi connectivity index (χ1) is 8.29. The van der Waals surface area contributed by atoms with Crippen molar-refractivity contribution in [3.05, 3.63) is 12.3 Å². The zero-order valence-electron chi connectivity index (χ0n) is 10.3. The summed E-state index contributed by atoms with van der Waals surface area (Å²) < 4.78 is 0. The average molecular weight is 236 g/mol. The molecule has 0 bridgehead atoms. The molecule has 2 N–H and O–H groups in total. The van der Waals surface area contributed by atoms with Crippen LogP contribution in [0.25, 0.3) is 0 Å². The summed E-state index contributed by atoms with van der Waals surface area (Å²) in [7, 11) is 0. The molecule has 5 nitrogen and oxygen atoms in total. The second-order valence-electron chi connectivity index (χ2n) is 4.41. The Morgan fingerprint density at radius 2 is 2.47 bits per heavy atom. The van der Waals surface area contributed by atoms with E-state index in [0.717, 1.165) is 38.2 Å². The maximum Gasteiger partial charge on any atom is 0.224 e. The van der Waals surface area contributed by atoms with Gasteiger partial charge in [0, 0.05) is 25.8 Å². The van der Waals surface area contributed by atoms with Crippen molar-refractivity contribution in [2.75, 3.05) is 29.9 Å². The van der Waals surface area contributed by atoms with E-state index >= 15 is 0 Å². The number of piperidine rings is 1. The highest BCUT2D eigenvalue weighted by molar-refractivity contribution is 5.42. The number of aliphatic hydroxyl groups is 1. The first-order valence-electron chi connectivity index (χ1n) is 6.29. The zero-order valence-corrected chi connectivity index (χ0v) is 10.3. The van der Waals surface area contributed by atoms with Crippen LogP contribution in [-0.2, 0) is 0 Å². The molecule has 0 aromatic carbocycles.